The maximum absolute atomic E-state index is 10.0. The molecule has 1 unspecified atom stereocenters. The zero-order valence-electron chi connectivity index (χ0n) is 8.57. The van der Waals surface area contributed by atoms with Gasteiger partial charge in [-0.05, 0) is 5.56 Å². The molecule has 0 saturated heterocycles. The van der Waals surface area contributed by atoms with Gasteiger partial charge in [-0.15, -0.1) is 0 Å². The summed E-state index contributed by atoms with van der Waals surface area (Å²) in [7, 11) is 0. The van der Waals surface area contributed by atoms with E-state index in [1.807, 2.05) is 25.1 Å². The van der Waals surface area contributed by atoms with Gasteiger partial charge in [-0.3, -0.25) is 4.79 Å². The maximum Gasteiger partial charge on any atom is 0.293 e. The minimum atomic E-state index is 0.266. The van der Waals surface area contributed by atoms with Crippen LogP contribution in [0, 0.1) is 11.8 Å². The molecule has 14 heavy (non-hydrogen) atoms. The molecular formula is C12H15O2. The molecule has 0 N–H and O–H groups in total. The van der Waals surface area contributed by atoms with Crippen LogP contribution in [0.25, 0.3) is 0 Å². The molecule has 0 bridgehead atoms. The quantitative estimate of drug-likeness (QED) is 0.668. The summed E-state index contributed by atoms with van der Waals surface area (Å²) in [5, 5.41) is 0. The van der Waals surface area contributed by atoms with Crippen molar-refractivity contribution in [1.29, 1.82) is 0 Å². The van der Waals surface area contributed by atoms with Gasteiger partial charge < -0.3 is 4.74 Å². The molecule has 1 rings (SSSR count). The molecule has 2 heteroatoms. The van der Waals surface area contributed by atoms with Gasteiger partial charge in [-0.2, -0.15) is 0 Å². The highest BCUT2D eigenvalue weighted by Gasteiger charge is 2.14. The van der Waals surface area contributed by atoms with Crippen molar-refractivity contribution < 1.29 is 9.53 Å². The second-order valence-electron chi connectivity index (χ2n) is 3.38. The molecule has 1 aromatic carbocycles. The van der Waals surface area contributed by atoms with E-state index in [0.717, 1.165) is 0 Å². The van der Waals surface area contributed by atoms with Crippen molar-refractivity contribution in [3.63, 3.8) is 0 Å². The van der Waals surface area contributed by atoms with Crippen molar-refractivity contribution in [3.8, 4) is 0 Å². The zero-order chi connectivity index (χ0) is 10.4. The number of carbonyl (C=O) groups excluding carboxylic acids is 1. The molecule has 0 amide bonds. The van der Waals surface area contributed by atoms with Crippen LogP contribution >= 0.6 is 0 Å². The Morgan fingerprint density at radius 2 is 2.07 bits per heavy atom. The van der Waals surface area contributed by atoms with E-state index in [1.165, 1.54) is 11.5 Å². The normalized spacial score (nSPS) is 12.5. The smallest absolute Gasteiger partial charge is 0.293 e. The highest BCUT2D eigenvalue weighted by atomic mass is 16.5. The van der Waals surface area contributed by atoms with Crippen molar-refractivity contribution in [2.24, 2.45) is 5.92 Å². The van der Waals surface area contributed by atoms with E-state index in [1.54, 1.807) is 0 Å². The highest BCUT2D eigenvalue weighted by Crippen LogP contribution is 2.22. The van der Waals surface area contributed by atoms with Crippen LogP contribution in [0.4, 0.5) is 0 Å². The molecule has 2 nitrogen and oxygen atoms in total. The van der Waals surface area contributed by atoms with E-state index >= 15 is 0 Å². The second-order valence-corrected chi connectivity index (χ2v) is 3.38. The minimum Gasteiger partial charge on any atom is -0.468 e. The maximum atomic E-state index is 10.0. The van der Waals surface area contributed by atoms with Crippen LogP contribution in [0.2, 0.25) is 0 Å². The second kappa shape index (κ2) is 5.43. The molecule has 0 aliphatic carbocycles. The molecular weight excluding hydrogens is 176 g/mol. The number of carbonyl (C=O) groups is 1. The molecule has 0 aliphatic heterocycles. The van der Waals surface area contributed by atoms with E-state index < -0.39 is 0 Å². The molecule has 0 heterocycles. The Kier molecular flexibility index (Phi) is 4.17. The Morgan fingerprint density at radius 3 is 2.64 bits per heavy atom. The predicted molar refractivity (Wildman–Crippen MR) is 55.6 cm³/mol. The van der Waals surface area contributed by atoms with Gasteiger partial charge >= 0.3 is 0 Å². The van der Waals surface area contributed by atoms with Gasteiger partial charge in [-0.25, -0.2) is 0 Å². The fourth-order valence-corrected chi connectivity index (χ4v) is 1.29. The molecule has 75 valence electrons. The summed E-state index contributed by atoms with van der Waals surface area (Å²) >= 11 is 0. The van der Waals surface area contributed by atoms with Crippen LogP contribution in [0.1, 0.15) is 19.4 Å². The lowest BCUT2D eigenvalue weighted by molar-refractivity contribution is -0.129. The van der Waals surface area contributed by atoms with Gasteiger partial charge in [0.25, 0.3) is 6.47 Å². The highest BCUT2D eigenvalue weighted by molar-refractivity contribution is 5.37. The van der Waals surface area contributed by atoms with Crippen molar-refractivity contribution in [2.45, 2.75) is 13.8 Å². The third-order valence-electron chi connectivity index (χ3n) is 2.38. The molecule has 0 fully saturated rings. The Balaban J connectivity index is 2.56. The van der Waals surface area contributed by atoms with Crippen LogP contribution in [-0.2, 0) is 9.53 Å². The fraction of sp³-hybridized carbons (Fsp3) is 0.333. The standard InChI is InChI=1S/C12H15O2/c1-10(8-14-9-13)11(2)12-6-4-3-5-7-12/h3-7,9-10H,8H2,1-2H3. The number of ether oxygens (including phenoxy) is 1. The van der Waals surface area contributed by atoms with Crippen molar-refractivity contribution >= 4 is 6.47 Å². The van der Waals surface area contributed by atoms with Crippen LogP contribution < -0.4 is 0 Å². The van der Waals surface area contributed by atoms with Crippen molar-refractivity contribution in [3.05, 3.63) is 41.8 Å². The van der Waals surface area contributed by atoms with Gasteiger partial charge in [0.2, 0.25) is 0 Å². The van der Waals surface area contributed by atoms with E-state index in [0.29, 0.717) is 13.1 Å². The topological polar surface area (TPSA) is 26.3 Å². The summed E-state index contributed by atoms with van der Waals surface area (Å²) < 4.78 is 4.74. The molecule has 1 atom stereocenters. The number of rotatable bonds is 5. The first-order valence-corrected chi connectivity index (χ1v) is 4.70. The SMILES string of the molecule is C[C](c1ccccc1)C(C)COC=O. The molecule has 1 aromatic rings. The van der Waals surface area contributed by atoms with Gasteiger partial charge in [0.15, 0.2) is 0 Å². The first kappa shape index (κ1) is 10.8. The lowest BCUT2D eigenvalue weighted by atomic mass is 9.90. The average Bonchev–Trinajstić information content (AvgIpc) is 2.26. The third-order valence-corrected chi connectivity index (χ3v) is 2.38. The largest absolute Gasteiger partial charge is 0.468 e. The van der Waals surface area contributed by atoms with Crippen LogP contribution in [0.5, 0.6) is 0 Å². The molecule has 0 saturated carbocycles. The van der Waals surface area contributed by atoms with Gasteiger partial charge in [-0.1, -0.05) is 44.2 Å². The van der Waals surface area contributed by atoms with E-state index in [9.17, 15) is 4.79 Å². The van der Waals surface area contributed by atoms with E-state index in [-0.39, 0.29) is 5.92 Å². The van der Waals surface area contributed by atoms with Crippen LogP contribution in [-0.4, -0.2) is 13.1 Å². The molecule has 0 spiro atoms. The summed E-state index contributed by atoms with van der Waals surface area (Å²) in [4.78, 5) is 10.0. The number of benzene rings is 1. The number of hydrogen-bond acceptors (Lipinski definition) is 2. The first-order valence-electron chi connectivity index (χ1n) is 4.70. The summed E-state index contributed by atoms with van der Waals surface area (Å²) in [6.07, 6.45) is 0. The fourth-order valence-electron chi connectivity index (χ4n) is 1.29. The Labute approximate surface area is 84.9 Å². The predicted octanol–water partition coefficient (Wildman–Crippen LogP) is 2.44. The van der Waals surface area contributed by atoms with E-state index in [2.05, 4.69) is 19.1 Å². The van der Waals surface area contributed by atoms with Gasteiger partial charge in [0, 0.05) is 11.8 Å². The van der Waals surface area contributed by atoms with Gasteiger partial charge in [0.1, 0.15) is 0 Å². The molecule has 0 aliphatic rings. The summed E-state index contributed by atoms with van der Waals surface area (Å²) in [6, 6.07) is 10.1. The first-order chi connectivity index (χ1) is 6.75. The van der Waals surface area contributed by atoms with Crippen molar-refractivity contribution in [2.75, 3.05) is 6.61 Å². The van der Waals surface area contributed by atoms with Crippen LogP contribution in [0.15, 0.2) is 30.3 Å². The van der Waals surface area contributed by atoms with Crippen molar-refractivity contribution in [1.82, 2.24) is 0 Å². The summed E-state index contributed by atoms with van der Waals surface area (Å²) in [6.45, 7) is 5.05. The summed E-state index contributed by atoms with van der Waals surface area (Å²) in [5.41, 5.74) is 1.20. The van der Waals surface area contributed by atoms with Crippen LogP contribution in [0.3, 0.4) is 0 Å². The average molecular weight is 191 g/mol. The third kappa shape index (κ3) is 2.87. The Morgan fingerprint density at radius 1 is 1.43 bits per heavy atom. The minimum absolute atomic E-state index is 0.266. The summed E-state index contributed by atoms with van der Waals surface area (Å²) in [5.74, 6) is 1.51. The Bertz CT molecular complexity index is 269. The monoisotopic (exact) mass is 191 g/mol. The number of hydrogen-bond donors (Lipinski definition) is 0. The lowest BCUT2D eigenvalue weighted by Gasteiger charge is -2.18. The Hall–Kier alpha value is -1.31. The molecule has 0 aromatic heterocycles. The lowest BCUT2D eigenvalue weighted by Crippen LogP contribution is -2.13. The van der Waals surface area contributed by atoms with E-state index in [4.69, 9.17) is 4.74 Å². The molecule has 1 radical (unpaired) electrons. The zero-order valence-corrected chi connectivity index (χ0v) is 8.57. The van der Waals surface area contributed by atoms with Gasteiger partial charge in [0.05, 0.1) is 6.61 Å².